The summed E-state index contributed by atoms with van der Waals surface area (Å²) in [5.74, 6) is -0.275. The minimum absolute atomic E-state index is 0.0585. The van der Waals surface area contributed by atoms with Crippen LogP contribution in [0.1, 0.15) is 83.9 Å². The molecule has 2 aromatic rings. The first-order valence-corrected chi connectivity index (χ1v) is 15.0. The van der Waals surface area contributed by atoms with Crippen molar-refractivity contribution >= 4 is 35.7 Å². The normalized spacial score (nSPS) is 19.4. The van der Waals surface area contributed by atoms with Gasteiger partial charge >= 0.3 is 18.0 Å². The number of rotatable bonds is 12. The maximum atomic E-state index is 12.9. The summed E-state index contributed by atoms with van der Waals surface area (Å²) >= 11 is 0. The number of unbranched alkanes of at least 4 members (excludes halogenated alkanes) is 3. The van der Waals surface area contributed by atoms with Gasteiger partial charge in [-0.3, -0.25) is 10.1 Å². The molecule has 1 heterocycles. The average Bonchev–Trinajstić information content (AvgIpc) is 2.90. The Morgan fingerprint density at radius 2 is 1.79 bits per heavy atom. The van der Waals surface area contributed by atoms with Gasteiger partial charge in [0.1, 0.15) is 0 Å². The van der Waals surface area contributed by atoms with Crippen LogP contribution < -0.4 is 26.8 Å². The molecular formula is C32H46N6O5. The second-order valence-electron chi connectivity index (χ2n) is 12.6. The minimum Gasteiger partial charge on any atom is -0.463 e. The van der Waals surface area contributed by atoms with Crippen LogP contribution in [0.4, 0.5) is 21.2 Å². The smallest absolute Gasteiger partial charge is 0.330 e. The van der Waals surface area contributed by atoms with E-state index >= 15 is 0 Å². The molecule has 11 nitrogen and oxygen atoms in total. The first-order valence-electron chi connectivity index (χ1n) is 15.0. The Labute approximate surface area is 253 Å². The van der Waals surface area contributed by atoms with Gasteiger partial charge in [0.15, 0.2) is 0 Å². The van der Waals surface area contributed by atoms with Gasteiger partial charge in [-0.2, -0.15) is 4.98 Å². The fourth-order valence-corrected chi connectivity index (χ4v) is 5.90. The van der Waals surface area contributed by atoms with Crippen LogP contribution >= 0.6 is 0 Å². The molecule has 5 N–H and O–H groups in total. The zero-order valence-electron chi connectivity index (χ0n) is 26.0. The molecule has 1 aromatic heterocycles. The molecule has 0 saturated heterocycles. The Hall–Kier alpha value is -4.15. The summed E-state index contributed by atoms with van der Waals surface area (Å²) in [7, 11) is 0. The molecule has 0 radical (unpaired) electrons. The topological polar surface area (TPSA) is 154 Å². The standard InChI is InChI=1S/C32H46N6O5/c1-6-7-8-9-16-43-27(40)15-12-23-10-13-24(14-11-23)35-30(42)36-25-18-31(3,4)20-32(5,19-25)21-33-29(41)38-28-34-22(2)17-26(39)37-28/h10-15,17,25H,6-9,16,18-21H2,1-5H3,(H2,35,36,42)(H3,33,34,37,38,39,41)/b15-12+. The number of nitrogens with zero attached hydrogens (tertiary/aromatic N) is 1. The van der Waals surface area contributed by atoms with Gasteiger partial charge in [-0.25, -0.2) is 14.4 Å². The molecule has 11 heteroatoms. The monoisotopic (exact) mass is 594 g/mol. The van der Waals surface area contributed by atoms with E-state index in [9.17, 15) is 19.2 Å². The number of anilines is 2. The highest BCUT2D eigenvalue weighted by Gasteiger charge is 2.42. The van der Waals surface area contributed by atoms with Crippen LogP contribution in [0.5, 0.6) is 0 Å². The molecule has 43 heavy (non-hydrogen) atoms. The number of hydrogen-bond donors (Lipinski definition) is 5. The van der Waals surface area contributed by atoms with Crippen molar-refractivity contribution in [3.63, 3.8) is 0 Å². The van der Waals surface area contributed by atoms with Crippen molar-refractivity contribution in [3.8, 4) is 0 Å². The summed E-state index contributed by atoms with van der Waals surface area (Å²) in [5, 5.41) is 11.5. The third-order valence-electron chi connectivity index (χ3n) is 7.39. The van der Waals surface area contributed by atoms with Crippen LogP contribution in [-0.2, 0) is 9.53 Å². The van der Waals surface area contributed by atoms with E-state index in [1.54, 1.807) is 25.1 Å². The maximum absolute atomic E-state index is 12.9. The summed E-state index contributed by atoms with van der Waals surface area (Å²) in [6.07, 6.45) is 9.65. The Kier molecular flexibility index (Phi) is 11.9. The van der Waals surface area contributed by atoms with E-state index < -0.39 is 11.6 Å². The highest BCUT2D eigenvalue weighted by molar-refractivity contribution is 5.90. The number of nitrogens with one attached hydrogen (secondary N) is 5. The number of aromatic nitrogens is 2. The molecule has 2 atom stereocenters. The van der Waals surface area contributed by atoms with Gasteiger partial charge in [0.25, 0.3) is 5.56 Å². The fraction of sp³-hybridized carbons (Fsp3) is 0.531. The number of esters is 1. The van der Waals surface area contributed by atoms with E-state index in [0.29, 0.717) is 31.0 Å². The highest BCUT2D eigenvalue weighted by atomic mass is 16.5. The van der Waals surface area contributed by atoms with E-state index in [0.717, 1.165) is 44.1 Å². The van der Waals surface area contributed by atoms with Crippen LogP contribution in [0.3, 0.4) is 0 Å². The zero-order chi connectivity index (χ0) is 31.5. The number of ether oxygens (including phenoxy) is 1. The van der Waals surface area contributed by atoms with Crippen molar-refractivity contribution in [2.24, 2.45) is 10.8 Å². The number of hydrogen-bond acceptors (Lipinski definition) is 6. The third-order valence-corrected chi connectivity index (χ3v) is 7.39. The van der Waals surface area contributed by atoms with Crippen LogP contribution in [0.2, 0.25) is 0 Å². The first-order chi connectivity index (χ1) is 20.3. The Morgan fingerprint density at radius 1 is 1.05 bits per heavy atom. The van der Waals surface area contributed by atoms with Gasteiger partial charge in [-0.05, 0) is 67.2 Å². The summed E-state index contributed by atoms with van der Waals surface area (Å²) in [5.41, 5.74) is 1.29. The zero-order valence-corrected chi connectivity index (χ0v) is 26.0. The SMILES string of the molecule is CCCCCCOC(=O)/C=C/c1ccc(NC(=O)NC2CC(C)(C)CC(C)(CNC(=O)Nc3nc(=O)cc(C)[nH]3)C2)cc1. The van der Waals surface area contributed by atoms with E-state index in [1.165, 1.54) is 12.1 Å². The Balaban J connectivity index is 1.48. The highest BCUT2D eigenvalue weighted by Crippen LogP contribution is 2.45. The molecule has 1 saturated carbocycles. The third kappa shape index (κ3) is 11.9. The number of carbonyl (C=O) groups is 3. The molecule has 4 amide bonds. The van der Waals surface area contributed by atoms with Gasteiger partial charge in [-0.15, -0.1) is 0 Å². The molecule has 1 fully saturated rings. The van der Waals surface area contributed by atoms with Gasteiger partial charge in [0.05, 0.1) is 6.61 Å². The van der Waals surface area contributed by atoms with E-state index in [1.807, 2.05) is 12.1 Å². The number of H-pyrrole nitrogens is 1. The second-order valence-corrected chi connectivity index (χ2v) is 12.6. The van der Waals surface area contributed by atoms with Crippen molar-refractivity contribution < 1.29 is 19.1 Å². The summed E-state index contributed by atoms with van der Waals surface area (Å²) in [6, 6.07) is 7.69. The summed E-state index contributed by atoms with van der Waals surface area (Å²) in [4.78, 5) is 55.5. The predicted octanol–water partition coefficient (Wildman–Crippen LogP) is 5.74. The van der Waals surface area contributed by atoms with Crippen molar-refractivity contribution in [2.75, 3.05) is 23.8 Å². The van der Waals surface area contributed by atoms with Crippen molar-refractivity contribution in [2.45, 2.75) is 85.6 Å². The molecule has 2 unspecified atom stereocenters. The molecule has 1 aromatic carbocycles. The molecule has 3 rings (SSSR count). The van der Waals surface area contributed by atoms with Gasteiger partial charge in [0, 0.05) is 36.1 Å². The van der Waals surface area contributed by atoms with Crippen LogP contribution in [0, 0.1) is 17.8 Å². The van der Waals surface area contributed by atoms with Gasteiger partial charge in [0.2, 0.25) is 5.95 Å². The molecule has 1 aliphatic carbocycles. The number of aryl methyl sites for hydroxylation is 1. The number of carbonyl (C=O) groups excluding carboxylic acids is 3. The minimum atomic E-state index is -0.460. The van der Waals surface area contributed by atoms with Crippen molar-refractivity contribution in [1.29, 1.82) is 0 Å². The quantitative estimate of drug-likeness (QED) is 0.120. The molecular weight excluding hydrogens is 548 g/mol. The maximum Gasteiger partial charge on any atom is 0.330 e. The van der Waals surface area contributed by atoms with Crippen LogP contribution in [-0.4, -0.2) is 47.2 Å². The van der Waals surface area contributed by atoms with E-state index in [4.69, 9.17) is 4.74 Å². The van der Waals surface area contributed by atoms with Crippen molar-refractivity contribution in [3.05, 3.63) is 58.0 Å². The molecule has 234 valence electrons. The largest absolute Gasteiger partial charge is 0.463 e. The van der Waals surface area contributed by atoms with Gasteiger partial charge < -0.3 is 25.7 Å². The Bertz CT molecular complexity index is 1340. The lowest BCUT2D eigenvalue weighted by Crippen LogP contribution is -2.51. The molecule has 0 bridgehead atoms. The average molecular weight is 595 g/mol. The first kappa shape index (κ1) is 33.4. The number of aromatic amines is 1. The number of amides is 4. The van der Waals surface area contributed by atoms with Gasteiger partial charge in [-0.1, -0.05) is 59.1 Å². The van der Waals surface area contributed by atoms with Crippen LogP contribution in [0.25, 0.3) is 6.08 Å². The predicted molar refractivity (Wildman–Crippen MR) is 169 cm³/mol. The van der Waals surface area contributed by atoms with Crippen LogP contribution in [0.15, 0.2) is 41.2 Å². The number of urea groups is 2. The molecule has 0 aliphatic heterocycles. The van der Waals surface area contributed by atoms with E-state index in [2.05, 4.69) is 58.9 Å². The summed E-state index contributed by atoms with van der Waals surface area (Å²) in [6.45, 7) is 11.1. The fourth-order valence-electron chi connectivity index (χ4n) is 5.90. The number of benzene rings is 1. The van der Waals surface area contributed by atoms with Crippen molar-refractivity contribution in [1.82, 2.24) is 20.6 Å². The lowest BCUT2D eigenvalue weighted by atomic mass is 9.62. The second kappa shape index (κ2) is 15.4. The summed E-state index contributed by atoms with van der Waals surface area (Å²) < 4.78 is 5.22. The Morgan fingerprint density at radius 3 is 2.49 bits per heavy atom. The lowest BCUT2D eigenvalue weighted by molar-refractivity contribution is -0.137. The molecule has 0 spiro atoms. The molecule has 1 aliphatic rings. The van der Waals surface area contributed by atoms with E-state index in [-0.39, 0.29) is 34.8 Å². The lowest BCUT2D eigenvalue weighted by Gasteiger charge is -2.46.